The lowest BCUT2D eigenvalue weighted by atomic mass is 9.70. The summed E-state index contributed by atoms with van der Waals surface area (Å²) in [6, 6.07) is 5.35. The number of amides is 2. The van der Waals surface area contributed by atoms with Crippen molar-refractivity contribution in [2.45, 2.75) is 51.1 Å². The minimum absolute atomic E-state index is 0.0945. The molecule has 34 heavy (non-hydrogen) atoms. The second-order valence-electron chi connectivity index (χ2n) is 9.91. The number of likely N-dealkylation sites (tertiary alicyclic amines) is 1. The van der Waals surface area contributed by atoms with Crippen LogP contribution in [0.15, 0.2) is 18.2 Å². The predicted octanol–water partition coefficient (Wildman–Crippen LogP) is 3.95. The van der Waals surface area contributed by atoms with E-state index in [1.165, 1.54) is 18.6 Å². The fourth-order valence-electron chi connectivity index (χ4n) is 6.05. The van der Waals surface area contributed by atoms with Crippen LogP contribution in [-0.2, 0) is 15.8 Å². The number of piperidine rings is 1. The third-order valence-electron chi connectivity index (χ3n) is 8.03. The monoisotopic (exact) mass is 476 g/mol. The van der Waals surface area contributed by atoms with Gasteiger partial charge >= 0.3 is 6.18 Å². The van der Waals surface area contributed by atoms with E-state index in [2.05, 4.69) is 5.32 Å². The van der Waals surface area contributed by atoms with E-state index < -0.39 is 22.7 Å². The molecular formula is C25H31F3N4O2. The summed E-state index contributed by atoms with van der Waals surface area (Å²) >= 11 is 0. The van der Waals surface area contributed by atoms with Crippen LogP contribution >= 0.6 is 0 Å². The van der Waals surface area contributed by atoms with Crippen molar-refractivity contribution in [2.75, 3.05) is 38.1 Å². The Morgan fingerprint density at radius 1 is 1.15 bits per heavy atom. The van der Waals surface area contributed by atoms with Gasteiger partial charge in [0.05, 0.1) is 23.1 Å². The molecule has 0 radical (unpaired) electrons. The van der Waals surface area contributed by atoms with E-state index in [1.807, 2.05) is 9.80 Å². The highest BCUT2D eigenvalue weighted by atomic mass is 19.4. The second-order valence-corrected chi connectivity index (χ2v) is 9.91. The number of nitrogens with zero attached hydrogens (tertiary/aromatic N) is 3. The first-order valence-corrected chi connectivity index (χ1v) is 12.1. The van der Waals surface area contributed by atoms with Crippen molar-refractivity contribution in [3.8, 4) is 6.07 Å². The van der Waals surface area contributed by atoms with Crippen LogP contribution in [0.2, 0.25) is 0 Å². The highest BCUT2D eigenvalue weighted by Gasteiger charge is 2.52. The molecule has 184 valence electrons. The van der Waals surface area contributed by atoms with Crippen molar-refractivity contribution >= 4 is 17.5 Å². The van der Waals surface area contributed by atoms with Gasteiger partial charge in [-0.2, -0.15) is 18.4 Å². The summed E-state index contributed by atoms with van der Waals surface area (Å²) in [5, 5.41) is 11.8. The number of hydrogen-bond acceptors (Lipinski definition) is 4. The Labute approximate surface area is 198 Å². The molecule has 3 aliphatic rings. The number of carbonyl (C=O) groups is 2. The molecule has 9 heteroatoms. The number of hydrogen-bond donors (Lipinski definition) is 1. The van der Waals surface area contributed by atoms with E-state index in [1.54, 1.807) is 13.1 Å². The highest BCUT2D eigenvalue weighted by Crippen LogP contribution is 2.47. The van der Waals surface area contributed by atoms with E-state index in [0.717, 1.165) is 31.7 Å². The summed E-state index contributed by atoms with van der Waals surface area (Å²) in [7, 11) is 1.57. The molecule has 1 aromatic rings. The van der Waals surface area contributed by atoms with Gasteiger partial charge in [0, 0.05) is 50.2 Å². The molecule has 2 amide bonds. The van der Waals surface area contributed by atoms with Crippen LogP contribution in [0.5, 0.6) is 0 Å². The molecule has 0 aromatic heterocycles. The van der Waals surface area contributed by atoms with Crippen LogP contribution in [0, 0.1) is 28.6 Å². The average Bonchev–Trinajstić information content (AvgIpc) is 3.22. The molecule has 0 bridgehead atoms. The summed E-state index contributed by atoms with van der Waals surface area (Å²) in [6.45, 7) is 1.88. The van der Waals surface area contributed by atoms with Crippen molar-refractivity contribution in [2.24, 2.45) is 17.3 Å². The summed E-state index contributed by atoms with van der Waals surface area (Å²) in [4.78, 5) is 29.6. The zero-order chi connectivity index (χ0) is 24.5. The Morgan fingerprint density at radius 2 is 1.82 bits per heavy atom. The van der Waals surface area contributed by atoms with Crippen LogP contribution < -0.4 is 10.2 Å². The summed E-state index contributed by atoms with van der Waals surface area (Å²) in [5.74, 6) is -0.200. The van der Waals surface area contributed by atoms with Crippen LogP contribution in [0.4, 0.5) is 18.9 Å². The van der Waals surface area contributed by atoms with Crippen molar-refractivity contribution in [3.05, 3.63) is 29.3 Å². The van der Waals surface area contributed by atoms with Gasteiger partial charge in [-0.1, -0.05) is 19.3 Å². The molecule has 2 saturated heterocycles. The molecule has 6 nitrogen and oxygen atoms in total. The molecule has 1 aromatic carbocycles. The number of nitriles is 1. The first-order valence-electron chi connectivity index (χ1n) is 12.1. The first-order chi connectivity index (χ1) is 16.2. The van der Waals surface area contributed by atoms with Gasteiger partial charge in [-0.3, -0.25) is 9.59 Å². The molecule has 1 saturated carbocycles. The lowest BCUT2D eigenvalue weighted by molar-refractivity contribution is -0.140. The molecule has 2 aliphatic heterocycles. The van der Waals surface area contributed by atoms with Crippen molar-refractivity contribution in [3.63, 3.8) is 0 Å². The highest BCUT2D eigenvalue weighted by molar-refractivity contribution is 5.82. The van der Waals surface area contributed by atoms with Gasteiger partial charge in [-0.15, -0.1) is 0 Å². The molecule has 1 N–H and O–H groups in total. The van der Waals surface area contributed by atoms with E-state index in [9.17, 15) is 22.8 Å². The molecule has 2 heterocycles. The predicted molar refractivity (Wildman–Crippen MR) is 121 cm³/mol. The van der Waals surface area contributed by atoms with Gasteiger partial charge in [0.1, 0.15) is 0 Å². The average molecular weight is 477 g/mol. The van der Waals surface area contributed by atoms with E-state index >= 15 is 0 Å². The molecule has 1 aliphatic carbocycles. The number of carbonyl (C=O) groups excluding carboxylic acids is 2. The van der Waals surface area contributed by atoms with Gasteiger partial charge in [-0.05, 0) is 43.9 Å². The van der Waals surface area contributed by atoms with Crippen molar-refractivity contribution < 1.29 is 22.8 Å². The van der Waals surface area contributed by atoms with Crippen LogP contribution in [0.25, 0.3) is 0 Å². The maximum Gasteiger partial charge on any atom is 0.417 e. The number of halogens is 3. The smallest absolute Gasteiger partial charge is 0.370 e. The topological polar surface area (TPSA) is 76.4 Å². The Bertz CT molecular complexity index is 973. The summed E-state index contributed by atoms with van der Waals surface area (Å²) in [5.41, 5.74) is -1.42. The Kier molecular flexibility index (Phi) is 6.79. The fraction of sp³-hybridized carbons (Fsp3) is 0.640. The Balaban J connectivity index is 1.54. The zero-order valence-corrected chi connectivity index (χ0v) is 19.5. The Hall–Kier alpha value is -2.76. The maximum atomic E-state index is 13.5. The molecule has 3 fully saturated rings. The molecule has 1 atom stereocenters. The standard InChI is InChI=1S/C25H31F3N4O2/c1-30-22(33)21-15-32(19-8-7-18(14-29)20(13-19)25(26,27)28)16-24(21)9-11-31(12-10-24)23(34)17-5-3-2-4-6-17/h7-8,13,17,21H,2-6,9-12,15-16H2,1H3,(H,30,33). The quantitative estimate of drug-likeness (QED) is 0.717. The molecule has 4 rings (SSSR count). The SMILES string of the molecule is CNC(=O)C1CN(c2ccc(C#N)c(C(F)(F)F)c2)CC12CCN(C(=O)C1CCCCC1)CC2. The van der Waals surface area contributed by atoms with Gasteiger partial charge in [0.15, 0.2) is 0 Å². The van der Waals surface area contributed by atoms with E-state index in [0.29, 0.717) is 44.7 Å². The van der Waals surface area contributed by atoms with Gasteiger partial charge < -0.3 is 15.1 Å². The number of rotatable bonds is 3. The molecular weight excluding hydrogens is 445 g/mol. The normalized spacial score (nSPS) is 23.1. The van der Waals surface area contributed by atoms with Gasteiger partial charge in [0.25, 0.3) is 0 Å². The lowest BCUT2D eigenvalue weighted by Gasteiger charge is -2.43. The lowest BCUT2D eigenvalue weighted by Crippen LogP contribution is -2.50. The number of benzene rings is 1. The van der Waals surface area contributed by atoms with E-state index in [-0.39, 0.29) is 23.7 Å². The fourth-order valence-corrected chi connectivity index (χ4v) is 6.05. The van der Waals surface area contributed by atoms with Gasteiger partial charge in [0.2, 0.25) is 11.8 Å². The number of alkyl halides is 3. The molecule has 1 unspecified atom stereocenters. The third-order valence-corrected chi connectivity index (χ3v) is 8.03. The first kappa shape index (κ1) is 24.4. The van der Waals surface area contributed by atoms with E-state index in [4.69, 9.17) is 5.26 Å². The minimum Gasteiger partial charge on any atom is -0.370 e. The minimum atomic E-state index is -4.64. The number of anilines is 1. The largest absolute Gasteiger partial charge is 0.417 e. The van der Waals surface area contributed by atoms with Crippen LogP contribution in [-0.4, -0.2) is 49.9 Å². The Morgan fingerprint density at radius 3 is 2.41 bits per heavy atom. The number of nitrogens with one attached hydrogen (secondary N) is 1. The second kappa shape index (κ2) is 9.47. The van der Waals surface area contributed by atoms with Crippen LogP contribution in [0.1, 0.15) is 56.1 Å². The zero-order valence-electron chi connectivity index (χ0n) is 19.5. The summed E-state index contributed by atoms with van der Waals surface area (Å²) in [6.07, 6.45) is 1.89. The summed E-state index contributed by atoms with van der Waals surface area (Å²) < 4.78 is 40.5. The van der Waals surface area contributed by atoms with Gasteiger partial charge in [-0.25, -0.2) is 0 Å². The van der Waals surface area contributed by atoms with Crippen LogP contribution in [0.3, 0.4) is 0 Å². The molecule has 1 spiro atoms. The van der Waals surface area contributed by atoms with Crippen molar-refractivity contribution in [1.29, 1.82) is 5.26 Å². The van der Waals surface area contributed by atoms with Crippen molar-refractivity contribution in [1.82, 2.24) is 10.2 Å². The third kappa shape index (κ3) is 4.59. The maximum absolute atomic E-state index is 13.5.